The number of fused-ring (bicyclic) bond motifs is 1. The Morgan fingerprint density at radius 2 is 1.93 bits per heavy atom. The van der Waals surface area contributed by atoms with E-state index in [1.807, 2.05) is 18.2 Å². The standard InChI is InChI=1S/C21H20N4O2/c1-27-20(26)16-9-3-4-10-17(16)23-21-22-13-12-19(24-21)25-14-6-8-15-7-2-5-11-18(15)25/h2-5,7,9-13H,6,8,14H2,1H3,(H,22,23,24). The molecule has 0 saturated heterocycles. The monoisotopic (exact) mass is 360 g/mol. The number of hydrogen-bond acceptors (Lipinski definition) is 6. The van der Waals surface area contributed by atoms with Crippen molar-refractivity contribution in [3.63, 3.8) is 0 Å². The molecule has 27 heavy (non-hydrogen) atoms. The first-order valence-corrected chi connectivity index (χ1v) is 8.89. The quantitative estimate of drug-likeness (QED) is 0.707. The zero-order chi connectivity index (χ0) is 18.6. The molecule has 0 aliphatic carbocycles. The maximum Gasteiger partial charge on any atom is 0.339 e. The number of methoxy groups -OCH3 is 1. The summed E-state index contributed by atoms with van der Waals surface area (Å²) in [5, 5.41) is 3.14. The summed E-state index contributed by atoms with van der Waals surface area (Å²) >= 11 is 0. The Balaban J connectivity index is 1.65. The number of carbonyl (C=O) groups is 1. The van der Waals surface area contributed by atoms with Crippen LogP contribution in [0.4, 0.5) is 23.1 Å². The van der Waals surface area contributed by atoms with E-state index >= 15 is 0 Å². The highest BCUT2D eigenvalue weighted by Gasteiger charge is 2.19. The number of aromatic nitrogens is 2. The highest BCUT2D eigenvalue weighted by atomic mass is 16.5. The van der Waals surface area contributed by atoms with Crippen LogP contribution in [-0.2, 0) is 11.2 Å². The minimum Gasteiger partial charge on any atom is -0.465 e. The van der Waals surface area contributed by atoms with Gasteiger partial charge in [0.15, 0.2) is 0 Å². The van der Waals surface area contributed by atoms with Crippen molar-refractivity contribution in [1.29, 1.82) is 0 Å². The molecular formula is C21H20N4O2. The van der Waals surface area contributed by atoms with Crippen LogP contribution in [0.1, 0.15) is 22.3 Å². The smallest absolute Gasteiger partial charge is 0.339 e. The van der Waals surface area contributed by atoms with Crippen LogP contribution in [0.5, 0.6) is 0 Å². The van der Waals surface area contributed by atoms with E-state index in [1.54, 1.807) is 24.4 Å². The molecule has 0 amide bonds. The van der Waals surface area contributed by atoms with Crippen molar-refractivity contribution in [2.24, 2.45) is 0 Å². The molecule has 0 spiro atoms. The topological polar surface area (TPSA) is 67.3 Å². The number of benzene rings is 2. The number of ether oxygens (including phenoxy) is 1. The largest absolute Gasteiger partial charge is 0.465 e. The third-order valence-electron chi connectivity index (χ3n) is 4.61. The normalized spacial score (nSPS) is 13.0. The van der Waals surface area contributed by atoms with Gasteiger partial charge in [0.1, 0.15) is 5.82 Å². The minimum atomic E-state index is -0.404. The van der Waals surface area contributed by atoms with Crippen LogP contribution in [0.2, 0.25) is 0 Å². The molecule has 1 aromatic heterocycles. The molecule has 2 heterocycles. The fourth-order valence-corrected chi connectivity index (χ4v) is 3.33. The summed E-state index contributed by atoms with van der Waals surface area (Å²) in [7, 11) is 1.37. The fraction of sp³-hybridized carbons (Fsp3) is 0.190. The Labute approximate surface area is 157 Å². The molecule has 6 heteroatoms. The number of aryl methyl sites for hydroxylation is 1. The average molecular weight is 360 g/mol. The summed E-state index contributed by atoms with van der Waals surface area (Å²) in [4.78, 5) is 23.2. The molecule has 6 nitrogen and oxygen atoms in total. The highest BCUT2D eigenvalue weighted by molar-refractivity contribution is 5.96. The maximum atomic E-state index is 12.0. The van der Waals surface area contributed by atoms with Crippen LogP contribution in [0.25, 0.3) is 0 Å². The lowest BCUT2D eigenvalue weighted by Gasteiger charge is -2.30. The SMILES string of the molecule is COC(=O)c1ccccc1Nc1nccc(N2CCCc3ccccc32)n1. The van der Waals surface area contributed by atoms with Crippen LogP contribution < -0.4 is 10.2 Å². The van der Waals surface area contributed by atoms with E-state index in [4.69, 9.17) is 4.74 Å². The number of hydrogen-bond donors (Lipinski definition) is 1. The molecule has 0 radical (unpaired) electrons. The van der Waals surface area contributed by atoms with E-state index in [0.717, 1.165) is 25.2 Å². The van der Waals surface area contributed by atoms with Crippen molar-refractivity contribution in [3.05, 3.63) is 71.9 Å². The van der Waals surface area contributed by atoms with Gasteiger partial charge in [-0.15, -0.1) is 0 Å². The number of para-hydroxylation sites is 2. The molecule has 0 unspecified atom stereocenters. The molecular weight excluding hydrogens is 340 g/mol. The molecule has 1 aliphatic rings. The first-order valence-electron chi connectivity index (χ1n) is 8.89. The molecule has 0 bridgehead atoms. The first kappa shape index (κ1) is 17.0. The van der Waals surface area contributed by atoms with Crippen molar-refractivity contribution in [3.8, 4) is 0 Å². The van der Waals surface area contributed by atoms with Gasteiger partial charge in [0.25, 0.3) is 0 Å². The first-order chi connectivity index (χ1) is 13.3. The van der Waals surface area contributed by atoms with E-state index < -0.39 is 5.97 Å². The summed E-state index contributed by atoms with van der Waals surface area (Å²) in [6.07, 6.45) is 3.88. The molecule has 136 valence electrons. The number of carbonyl (C=O) groups excluding carboxylic acids is 1. The average Bonchev–Trinajstić information content (AvgIpc) is 2.73. The molecule has 3 aromatic rings. The van der Waals surface area contributed by atoms with Crippen LogP contribution in [0.3, 0.4) is 0 Å². The zero-order valence-electron chi connectivity index (χ0n) is 15.1. The van der Waals surface area contributed by atoms with Gasteiger partial charge >= 0.3 is 5.97 Å². The van der Waals surface area contributed by atoms with E-state index in [0.29, 0.717) is 17.2 Å². The van der Waals surface area contributed by atoms with Crippen molar-refractivity contribution in [2.45, 2.75) is 12.8 Å². The third kappa shape index (κ3) is 3.46. The van der Waals surface area contributed by atoms with Gasteiger partial charge in [0.05, 0.1) is 18.4 Å². The molecule has 0 fully saturated rings. The molecule has 4 rings (SSSR count). The van der Waals surface area contributed by atoms with E-state index in [1.165, 1.54) is 18.4 Å². The van der Waals surface area contributed by atoms with Gasteiger partial charge in [-0.05, 0) is 42.7 Å². The summed E-state index contributed by atoms with van der Waals surface area (Å²) in [6.45, 7) is 0.909. The van der Waals surface area contributed by atoms with Crippen LogP contribution in [0.15, 0.2) is 60.8 Å². The summed E-state index contributed by atoms with van der Waals surface area (Å²) in [6, 6.07) is 17.4. The molecule has 2 aromatic carbocycles. The number of esters is 1. The Morgan fingerprint density at radius 1 is 1.11 bits per heavy atom. The van der Waals surface area contributed by atoms with Crippen LogP contribution in [-0.4, -0.2) is 29.6 Å². The lowest BCUT2D eigenvalue weighted by molar-refractivity contribution is 0.0602. The second-order valence-electron chi connectivity index (χ2n) is 6.28. The van der Waals surface area contributed by atoms with E-state index in [-0.39, 0.29) is 0 Å². The van der Waals surface area contributed by atoms with Gasteiger partial charge in [-0.1, -0.05) is 30.3 Å². The Kier molecular flexibility index (Phi) is 4.70. The second kappa shape index (κ2) is 7.45. The minimum absolute atomic E-state index is 0.404. The number of rotatable bonds is 4. The maximum absolute atomic E-state index is 12.0. The fourth-order valence-electron chi connectivity index (χ4n) is 3.33. The van der Waals surface area contributed by atoms with Gasteiger partial charge in [-0.2, -0.15) is 4.98 Å². The van der Waals surface area contributed by atoms with Gasteiger partial charge < -0.3 is 15.0 Å². The second-order valence-corrected chi connectivity index (χ2v) is 6.28. The number of nitrogens with zero attached hydrogens (tertiary/aromatic N) is 3. The lowest BCUT2D eigenvalue weighted by Crippen LogP contribution is -2.25. The molecule has 1 N–H and O–H groups in total. The third-order valence-corrected chi connectivity index (χ3v) is 4.61. The van der Waals surface area contributed by atoms with Crippen LogP contribution in [0, 0.1) is 0 Å². The van der Waals surface area contributed by atoms with E-state index in [2.05, 4.69) is 38.4 Å². The number of nitrogens with one attached hydrogen (secondary N) is 1. The zero-order valence-corrected chi connectivity index (χ0v) is 15.1. The lowest BCUT2D eigenvalue weighted by atomic mass is 10.0. The van der Waals surface area contributed by atoms with Crippen molar-refractivity contribution < 1.29 is 9.53 Å². The molecule has 1 aliphatic heterocycles. The Bertz CT molecular complexity index is 974. The van der Waals surface area contributed by atoms with E-state index in [9.17, 15) is 4.79 Å². The van der Waals surface area contributed by atoms with Crippen molar-refractivity contribution >= 4 is 29.1 Å². The highest BCUT2D eigenvalue weighted by Crippen LogP contribution is 2.32. The summed E-state index contributed by atoms with van der Waals surface area (Å²) in [5.41, 5.74) is 3.56. The number of anilines is 4. The van der Waals surface area contributed by atoms with Gasteiger partial charge in [-0.25, -0.2) is 9.78 Å². The van der Waals surface area contributed by atoms with Gasteiger partial charge in [-0.3, -0.25) is 0 Å². The molecule has 0 atom stereocenters. The van der Waals surface area contributed by atoms with Gasteiger partial charge in [0, 0.05) is 18.4 Å². The summed E-state index contributed by atoms with van der Waals surface area (Å²) < 4.78 is 4.84. The Hall–Kier alpha value is -3.41. The van der Waals surface area contributed by atoms with Crippen molar-refractivity contribution in [2.75, 3.05) is 23.9 Å². The van der Waals surface area contributed by atoms with Gasteiger partial charge in [0.2, 0.25) is 5.95 Å². The molecule has 0 saturated carbocycles. The van der Waals surface area contributed by atoms with Crippen LogP contribution >= 0.6 is 0 Å². The Morgan fingerprint density at radius 3 is 2.81 bits per heavy atom. The predicted molar refractivity (Wildman–Crippen MR) is 105 cm³/mol. The predicted octanol–water partition coefficient (Wildman–Crippen LogP) is 4.09. The summed E-state index contributed by atoms with van der Waals surface area (Å²) in [5.74, 6) is 0.862. The van der Waals surface area contributed by atoms with Crippen molar-refractivity contribution in [1.82, 2.24) is 9.97 Å².